The first-order valence-corrected chi connectivity index (χ1v) is 8.70. The Morgan fingerprint density at radius 3 is 2.40 bits per heavy atom. The molecule has 0 atom stereocenters. The Morgan fingerprint density at radius 2 is 1.64 bits per heavy atom. The summed E-state index contributed by atoms with van der Waals surface area (Å²) in [7, 11) is 0. The van der Waals surface area contributed by atoms with Crippen LogP contribution in [-0.4, -0.2) is 5.91 Å². The molecule has 0 bridgehead atoms. The summed E-state index contributed by atoms with van der Waals surface area (Å²) < 4.78 is 0. The van der Waals surface area contributed by atoms with Crippen molar-refractivity contribution in [2.45, 2.75) is 19.8 Å². The fraction of sp³-hybridized carbons (Fsp3) is 0.136. The Labute approximate surface area is 153 Å². The molecule has 0 aliphatic heterocycles. The largest absolute Gasteiger partial charge is 0.322 e. The number of rotatable bonds is 5. The van der Waals surface area contributed by atoms with Crippen LogP contribution in [0, 0.1) is 6.92 Å². The molecule has 0 aliphatic rings. The number of amides is 1. The molecule has 0 aromatic heterocycles. The van der Waals surface area contributed by atoms with Gasteiger partial charge in [-0.05, 0) is 60.7 Å². The molecule has 3 aromatic carbocycles. The Hall–Kier alpha value is -2.58. The monoisotopic (exact) mass is 349 g/mol. The van der Waals surface area contributed by atoms with Gasteiger partial charge in [0.05, 0.1) is 0 Å². The molecule has 126 valence electrons. The molecule has 0 fully saturated rings. The van der Waals surface area contributed by atoms with Gasteiger partial charge < -0.3 is 5.32 Å². The molecule has 3 heteroatoms. The van der Waals surface area contributed by atoms with E-state index in [4.69, 9.17) is 11.6 Å². The summed E-state index contributed by atoms with van der Waals surface area (Å²) in [5.74, 6) is -0.0888. The average Bonchev–Trinajstić information content (AvgIpc) is 2.63. The van der Waals surface area contributed by atoms with Crippen LogP contribution in [0.2, 0.25) is 5.02 Å². The van der Waals surface area contributed by atoms with Crippen LogP contribution in [-0.2, 0) is 12.8 Å². The number of hydrogen-bond acceptors (Lipinski definition) is 1. The van der Waals surface area contributed by atoms with Gasteiger partial charge in [-0.15, -0.1) is 0 Å². The molecule has 0 unspecified atom stereocenters. The predicted molar refractivity (Wildman–Crippen MR) is 104 cm³/mol. The lowest BCUT2D eigenvalue weighted by atomic mass is 9.99. The molecule has 0 saturated heterocycles. The van der Waals surface area contributed by atoms with Crippen molar-refractivity contribution in [1.29, 1.82) is 0 Å². The maximum absolute atomic E-state index is 12.7. The second-order valence-electron chi connectivity index (χ2n) is 6.06. The summed E-state index contributed by atoms with van der Waals surface area (Å²) in [5.41, 5.74) is 4.77. The minimum atomic E-state index is -0.0888. The third-order valence-corrected chi connectivity index (χ3v) is 4.46. The molecule has 25 heavy (non-hydrogen) atoms. The Balaban J connectivity index is 1.76. The van der Waals surface area contributed by atoms with Crippen LogP contribution in [0.5, 0.6) is 0 Å². The van der Waals surface area contributed by atoms with Crippen LogP contribution in [0.4, 0.5) is 5.69 Å². The zero-order valence-corrected chi connectivity index (χ0v) is 14.9. The van der Waals surface area contributed by atoms with Gasteiger partial charge in [-0.2, -0.15) is 0 Å². The summed E-state index contributed by atoms with van der Waals surface area (Å²) in [4.78, 5) is 12.7. The molecule has 2 nitrogen and oxygen atoms in total. The van der Waals surface area contributed by atoms with E-state index >= 15 is 0 Å². The number of benzene rings is 3. The first-order valence-electron chi connectivity index (χ1n) is 8.33. The lowest BCUT2D eigenvalue weighted by Gasteiger charge is -2.12. The number of nitrogens with one attached hydrogen (secondary N) is 1. The smallest absolute Gasteiger partial charge is 0.255 e. The molecular weight excluding hydrogens is 330 g/mol. The molecule has 0 spiro atoms. The number of carbonyl (C=O) groups excluding carboxylic acids is 1. The highest BCUT2D eigenvalue weighted by atomic mass is 35.5. The van der Waals surface area contributed by atoms with Crippen LogP contribution in [0.25, 0.3) is 0 Å². The van der Waals surface area contributed by atoms with Crippen molar-refractivity contribution in [3.8, 4) is 0 Å². The Kier molecular flexibility index (Phi) is 5.52. The van der Waals surface area contributed by atoms with E-state index in [1.165, 1.54) is 5.56 Å². The molecule has 0 heterocycles. The maximum Gasteiger partial charge on any atom is 0.255 e. The van der Waals surface area contributed by atoms with Gasteiger partial charge in [0.2, 0.25) is 0 Å². The number of anilines is 1. The second kappa shape index (κ2) is 8.00. The van der Waals surface area contributed by atoms with Crippen LogP contribution in [0.1, 0.15) is 27.0 Å². The van der Waals surface area contributed by atoms with E-state index in [1.807, 2.05) is 61.5 Å². The minimum Gasteiger partial charge on any atom is -0.322 e. The van der Waals surface area contributed by atoms with Gasteiger partial charge in [0.1, 0.15) is 0 Å². The van der Waals surface area contributed by atoms with Crippen LogP contribution in [0.15, 0.2) is 72.8 Å². The van der Waals surface area contributed by atoms with Crippen molar-refractivity contribution < 1.29 is 4.79 Å². The first-order chi connectivity index (χ1) is 12.1. The highest BCUT2D eigenvalue weighted by molar-refractivity contribution is 6.30. The summed E-state index contributed by atoms with van der Waals surface area (Å²) in [6.45, 7) is 1.93. The topological polar surface area (TPSA) is 29.1 Å². The summed E-state index contributed by atoms with van der Waals surface area (Å²) in [6.07, 6.45) is 1.73. The molecule has 3 rings (SSSR count). The van der Waals surface area contributed by atoms with E-state index in [0.717, 1.165) is 29.7 Å². The second-order valence-corrected chi connectivity index (χ2v) is 6.49. The fourth-order valence-electron chi connectivity index (χ4n) is 2.84. The molecule has 3 aromatic rings. The first kappa shape index (κ1) is 17.2. The lowest BCUT2D eigenvalue weighted by molar-refractivity contribution is 0.102. The van der Waals surface area contributed by atoms with Crippen molar-refractivity contribution in [2.75, 3.05) is 5.32 Å². The standard InChI is InChI=1S/C22H20ClNO/c1-16-15-19(23)13-14-21(16)24-22(25)20-10-6-5-9-18(20)12-11-17-7-3-2-4-8-17/h2-10,13-15H,11-12H2,1H3,(H,24,25). The highest BCUT2D eigenvalue weighted by Crippen LogP contribution is 2.21. The van der Waals surface area contributed by atoms with Crippen LogP contribution in [0.3, 0.4) is 0 Å². The molecule has 0 saturated carbocycles. The van der Waals surface area contributed by atoms with E-state index in [9.17, 15) is 4.79 Å². The predicted octanol–water partition coefficient (Wildman–Crippen LogP) is 5.69. The van der Waals surface area contributed by atoms with Gasteiger partial charge in [-0.1, -0.05) is 60.1 Å². The molecule has 1 amide bonds. The Morgan fingerprint density at radius 1 is 0.920 bits per heavy atom. The zero-order chi connectivity index (χ0) is 17.6. The van der Waals surface area contributed by atoms with Crippen molar-refractivity contribution in [3.05, 3.63) is 100 Å². The molecule has 1 N–H and O–H groups in total. The Bertz CT molecular complexity index is 874. The van der Waals surface area contributed by atoms with Gasteiger partial charge in [-0.3, -0.25) is 4.79 Å². The fourth-order valence-corrected chi connectivity index (χ4v) is 3.07. The zero-order valence-electron chi connectivity index (χ0n) is 14.1. The van der Waals surface area contributed by atoms with Gasteiger partial charge in [-0.25, -0.2) is 0 Å². The number of aryl methyl sites for hydroxylation is 3. The molecule has 0 aliphatic carbocycles. The van der Waals surface area contributed by atoms with Crippen LogP contribution >= 0.6 is 11.6 Å². The SMILES string of the molecule is Cc1cc(Cl)ccc1NC(=O)c1ccccc1CCc1ccccc1. The van der Waals surface area contributed by atoms with Crippen LogP contribution < -0.4 is 5.32 Å². The van der Waals surface area contributed by atoms with Crippen molar-refractivity contribution in [1.82, 2.24) is 0 Å². The van der Waals surface area contributed by atoms with E-state index in [1.54, 1.807) is 6.07 Å². The number of carbonyl (C=O) groups is 1. The third-order valence-electron chi connectivity index (χ3n) is 4.22. The normalized spacial score (nSPS) is 10.5. The van der Waals surface area contributed by atoms with E-state index < -0.39 is 0 Å². The quantitative estimate of drug-likeness (QED) is 0.630. The molecular formula is C22H20ClNO. The summed E-state index contributed by atoms with van der Waals surface area (Å²) in [6, 6.07) is 23.5. The van der Waals surface area contributed by atoms with Crippen molar-refractivity contribution in [3.63, 3.8) is 0 Å². The lowest BCUT2D eigenvalue weighted by Crippen LogP contribution is -2.15. The average molecular weight is 350 g/mol. The van der Waals surface area contributed by atoms with Gasteiger partial charge >= 0.3 is 0 Å². The summed E-state index contributed by atoms with van der Waals surface area (Å²) >= 11 is 5.98. The third kappa shape index (κ3) is 4.49. The molecule has 0 radical (unpaired) electrons. The van der Waals surface area contributed by atoms with E-state index in [-0.39, 0.29) is 5.91 Å². The number of halogens is 1. The van der Waals surface area contributed by atoms with Crippen molar-refractivity contribution in [2.24, 2.45) is 0 Å². The highest BCUT2D eigenvalue weighted by Gasteiger charge is 2.12. The van der Waals surface area contributed by atoms with E-state index in [0.29, 0.717) is 10.6 Å². The van der Waals surface area contributed by atoms with Gasteiger partial charge in [0.25, 0.3) is 5.91 Å². The maximum atomic E-state index is 12.7. The van der Waals surface area contributed by atoms with Crippen molar-refractivity contribution >= 4 is 23.2 Å². The summed E-state index contributed by atoms with van der Waals surface area (Å²) in [5, 5.41) is 3.66. The van der Waals surface area contributed by atoms with Gasteiger partial charge in [0, 0.05) is 16.3 Å². The minimum absolute atomic E-state index is 0.0888. The number of hydrogen-bond donors (Lipinski definition) is 1. The van der Waals surface area contributed by atoms with E-state index in [2.05, 4.69) is 17.4 Å². The van der Waals surface area contributed by atoms with Gasteiger partial charge in [0.15, 0.2) is 0 Å².